The van der Waals surface area contributed by atoms with Gasteiger partial charge in [-0.05, 0) is 24.7 Å². The molecule has 2 rings (SSSR count). The van der Waals surface area contributed by atoms with Crippen LogP contribution < -0.4 is 5.73 Å². The third-order valence-electron chi connectivity index (χ3n) is 4.64. The van der Waals surface area contributed by atoms with Crippen LogP contribution in [0.2, 0.25) is 0 Å². The van der Waals surface area contributed by atoms with Crippen LogP contribution in [0.3, 0.4) is 0 Å². The number of hydrogen-bond donors (Lipinski definition) is 1. The van der Waals surface area contributed by atoms with Crippen LogP contribution >= 0.6 is 11.8 Å². The smallest absolute Gasteiger partial charge is 0.239 e. The molecule has 1 amide bonds. The van der Waals surface area contributed by atoms with Gasteiger partial charge in [0.15, 0.2) is 0 Å². The molecule has 122 valence electrons. The van der Waals surface area contributed by atoms with Crippen LogP contribution in [0.25, 0.3) is 0 Å². The second-order valence-electron chi connectivity index (χ2n) is 7.27. The van der Waals surface area contributed by atoms with Gasteiger partial charge in [-0.25, -0.2) is 0 Å². The van der Waals surface area contributed by atoms with Crippen LogP contribution in [-0.4, -0.2) is 58.6 Å². The molecule has 2 heterocycles. The maximum Gasteiger partial charge on any atom is 0.239 e. The predicted molar refractivity (Wildman–Crippen MR) is 90.2 cm³/mol. The van der Waals surface area contributed by atoms with E-state index < -0.39 is 0 Å². The minimum atomic E-state index is -0.356. The van der Waals surface area contributed by atoms with E-state index in [1.54, 1.807) is 0 Å². The molecule has 0 radical (unpaired) electrons. The molecular formula is C16H31N3OS. The van der Waals surface area contributed by atoms with Crippen molar-refractivity contribution in [2.24, 2.45) is 17.6 Å². The minimum Gasteiger partial charge on any atom is -0.339 e. The molecule has 0 saturated carbocycles. The van der Waals surface area contributed by atoms with E-state index in [9.17, 15) is 4.79 Å². The molecule has 2 aliphatic rings. The van der Waals surface area contributed by atoms with Gasteiger partial charge in [0.1, 0.15) is 0 Å². The third-order valence-corrected chi connectivity index (χ3v) is 6.16. The predicted octanol–water partition coefficient (Wildman–Crippen LogP) is 1.99. The van der Waals surface area contributed by atoms with Gasteiger partial charge in [0.2, 0.25) is 5.91 Å². The van der Waals surface area contributed by atoms with Crippen molar-refractivity contribution in [3.8, 4) is 0 Å². The van der Waals surface area contributed by atoms with Crippen LogP contribution in [0.1, 0.15) is 40.5 Å². The Bertz CT molecular complexity index is 375. The quantitative estimate of drug-likeness (QED) is 0.862. The van der Waals surface area contributed by atoms with Crippen LogP contribution in [0, 0.1) is 11.8 Å². The zero-order chi connectivity index (χ0) is 15.6. The van der Waals surface area contributed by atoms with Crippen molar-refractivity contribution < 1.29 is 4.79 Å². The summed E-state index contributed by atoms with van der Waals surface area (Å²) in [5.41, 5.74) is 6.08. The molecule has 2 aliphatic heterocycles. The van der Waals surface area contributed by atoms with E-state index in [2.05, 4.69) is 18.7 Å². The second-order valence-corrected chi connectivity index (χ2v) is 8.72. The van der Waals surface area contributed by atoms with E-state index in [1.807, 2.05) is 30.5 Å². The molecule has 2 unspecified atom stereocenters. The number of carbonyl (C=O) groups is 1. The van der Waals surface area contributed by atoms with E-state index in [0.717, 1.165) is 32.6 Å². The van der Waals surface area contributed by atoms with Crippen molar-refractivity contribution in [1.29, 1.82) is 0 Å². The fraction of sp³-hybridized carbons (Fsp3) is 0.938. The van der Waals surface area contributed by atoms with Crippen molar-refractivity contribution >= 4 is 17.7 Å². The SMILES string of the molecule is CC(C)CN1CCSC12CCCN(C(=O)C(N)C(C)C)C2. The van der Waals surface area contributed by atoms with Gasteiger partial charge in [-0.2, -0.15) is 0 Å². The summed E-state index contributed by atoms with van der Waals surface area (Å²) >= 11 is 2.05. The molecular weight excluding hydrogens is 282 g/mol. The topological polar surface area (TPSA) is 49.6 Å². The van der Waals surface area contributed by atoms with E-state index in [-0.39, 0.29) is 22.7 Å². The standard InChI is InChI=1S/C16H31N3OS/c1-12(2)10-19-8-9-21-16(19)6-5-7-18(11-16)15(20)14(17)13(3)4/h12-14H,5-11,17H2,1-4H3. The van der Waals surface area contributed by atoms with Gasteiger partial charge < -0.3 is 10.6 Å². The maximum absolute atomic E-state index is 12.6. The van der Waals surface area contributed by atoms with E-state index in [0.29, 0.717) is 5.92 Å². The number of piperidine rings is 1. The van der Waals surface area contributed by atoms with Crippen molar-refractivity contribution in [3.63, 3.8) is 0 Å². The normalized spacial score (nSPS) is 28.8. The first-order chi connectivity index (χ1) is 9.85. The molecule has 0 aromatic carbocycles. The Kier molecular flexibility index (Phi) is 5.60. The van der Waals surface area contributed by atoms with Crippen molar-refractivity contribution in [2.75, 3.05) is 31.9 Å². The van der Waals surface area contributed by atoms with Gasteiger partial charge in [0.05, 0.1) is 10.9 Å². The number of nitrogens with zero attached hydrogens (tertiary/aromatic N) is 2. The summed E-state index contributed by atoms with van der Waals surface area (Å²) < 4.78 is 0. The molecule has 0 aromatic heterocycles. The van der Waals surface area contributed by atoms with E-state index in [4.69, 9.17) is 5.73 Å². The molecule has 4 nitrogen and oxygen atoms in total. The van der Waals surface area contributed by atoms with Gasteiger partial charge in [-0.1, -0.05) is 27.7 Å². The monoisotopic (exact) mass is 313 g/mol. The molecule has 0 aliphatic carbocycles. The Morgan fingerprint density at radius 3 is 2.62 bits per heavy atom. The number of amides is 1. The number of hydrogen-bond acceptors (Lipinski definition) is 4. The van der Waals surface area contributed by atoms with E-state index in [1.165, 1.54) is 12.2 Å². The molecule has 5 heteroatoms. The average Bonchev–Trinajstić information content (AvgIpc) is 2.78. The fourth-order valence-corrected chi connectivity index (χ4v) is 4.98. The summed E-state index contributed by atoms with van der Waals surface area (Å²) in [6.07, 6.45) is 2.29. The van der Waals surface area contributed by atoms with Crippen LogP contribution in [-0.2, 0) is 4.79 Å². The number of rotatable bonds is 4. The molecule has 0 aromatic rings. The Labute approximate surface area is 133 Å². The summed E-state index contributed by atoms with van der Waals surface area (Å²) in [6.45, 7) is 12.6. The summed E-state index contributed by atoms with van der Waals surface area (Å²) in [6, 6.07) is -0.356. The highest BCUT2D eigenvalue weighted by molar-refractivity contribution is 8.00. The lowest BCUT2D eigenvalue weighted by molar-refractivity contribution is -0.136. The molecule has 21 heavy (non-hydrogen) atoms. The van der Waals surface area contributed by atoms with Gasteiger partial charge in [0.25, 0.3) is 0 Å². The van der Waals surface area contributed by atoms with Gasteiger partial charge in [-0.3, -0.25) is 9.69 Å². The molecule has 1 spiro atoms. The Morgan fingerprint density at radius 2 is 2.00 bits per heavy atom. The molecule has 2 fully saturated rings. The Morgan fingerprint density at radius 1 is 1.29 bits per heavy atom. The van der Waals surface area contributed by atoms with Gasteiger partial charge in [-0.15, -0.1) is 11.8 Å². The first-order valence-electron chi connectivity index (χ1n) is 8.29. The van der Waals surface area contributed by atoms with Crippen LogP contribution in [0.5, 0.6) is 0 Å². The lowest BCUT2D eigenvalue weighted by atomic mass is 9.98. The first-order valence-corrected chi connectivity index (χ1v) is 9.27. The molecule has 2 N–H and O–H groups in total. The van der Waals surface area contributed by atoms with Gasteiger partial charge in [0, 0.05) is 31.9 Å². The number of nitrogens with two attached hydrogens (primary N) is 1. The Balaban J connectivity index is 2.07. The lowest BCUT2D eigenvalue weighted by Gasteiger charge is -2.46. The summed E-state index contributed by atoms with van der Waals surface area (Å²) in [7, 11) is 0. The lowest BCUT2D eigenvalue weighted by Crippen LogP contribution is -2.58. The van der Waals surface area contributed by atoms with Gasteiger partial charge >= 0.3 is 0 Å². The first kappa shape index (κ1) is 17.1. The highest BCUT2D eigenvalue weighted by Crippen LogP contribution is 2.43. The molecule has 2 saturated heterocycles. The molecule has 0 bridgehead atoms. The molecule has 2 atom stereocenters. The second kappa shape index (κ2) is 6.88. The maximum atomic E-state index is 12.6. The third kappa shape index (κ3) is 3.74. The zero-order valence-electron chi connectivity index (χ0n) is 14.0. The summed E-state index contributed by atoms with van der Waals surface area (Å²) in [4.78, 5) is 17.4. The number of carbonyl (C=O) groups excluding carboxylic acids is 1. The largest absolute Gasteiger partial charge is 0.339 e. The van der Waals surface area contributed by atoms with Crippen LogP contribution in [0.15, 0.2) is 0 Å². The summed E-state index contributed by atoms with van der Waals surface area (Å²) in [5, 5.41) is 0. The highest BCUT2D eigenvalue weighted by atomic mass is 32.2. The highest BCUT2D eigenvalue weighted by Gasteiger charge is 2.46. The summed E-state index contributed by atoms with van der Waals surface area (Å²) in [5.74, 6) is 2.20. The van der Waals surface area contributed by atoms with Crippen molar-refractivity contribution in [1.82, 2.24) is 9.80 Å². The fourth-order valence-electron chi connectivity index (χ4n) is 3.40. The minimum absolute atomic E-state index is 0.140. The van der Waals surface area contributed by atoms with Crippen LogP contribution in [0.4, 0.5) is 0 Å². The average molecular weight is 314 g/mol. The Hall–Kier alpha value is -0.260. The van der Waals surface area contributed by atoms with E-state index >= 15 is 0 Å². The van der Waals surface area contributed by atoms with Crippen molar-refractivity contribution in [2.45, 2.75) is 51.4 Å². The number of thioether (sulfide) groups is 1. The zero-order valence-corrected chi connectivity index (χ0v) is 14.8. The number of likely N-dealkylation sites (tertiary alicyclic amines) is 1. The van der Waals surface area contributed by atoms with Crippen molar-refractivity contribution in [3.05, 3.63) is 0 Å².